The molecular formula is C14H26N2. The number of hydrogen-bond acceptors (Lipinski definition) is 2. The highest BCUT2D eigenvalue weighted by atomic mass is 15.3. The van der Waals surface area contributed by atoms with Gasteiger partial charge in [-0.05, 0) is 39.2 Å². The third-order valence-corrected chi connectivity index (χ3v) is 5.03. The third kappa shape index (κ3) is 2.02. The molecular weight excluding hydrogens is 196 g/mol. The van der Waals surface area contributed by atoms with Crippen LogP contribution in [0.3, 0.4) is 0 Å². The molecule has 0 amide bonds. The Morgan fingerprint density at radius 2 is 1.50 bits per heavy atom. The Bertz CT molecular complexity index is 235. The van der Waals surface area contributed by atoms with E-state index in [-0.39, 0.29) is 0 Å². The molecule has 2 nitrogen and oxygen atoms in total. The number of fused-ring (bicyclic) bond motifs is 1. The summed E-state index contributed by atoms with van der Waals surface area (Å²) in [6, 6.07) is 2.63. The van der Waals surface area contributed by atoms with Crippen molar-refractivity contribution in [2.24, 2.45) is 0 Å². The lowest BCUT2D eigenvalue weighted by Gasteiger charge is -2.49. The molecule has 1 saturated carbocycles. The highest BCUT2D eigenvalue weighted by Gasteiger charge is 2.36. The number of rotatable bonds is 1. The van der Waals surface area contributed by atoms with Crippen LogP contribution in [0.2, 0.25) is 0 Å². The summed E-state index contributed by atoms with van der Waals surface area (Å²) < 4.78 is 0. The van der Waals surface area contributed by atoms with E-state index in [9.17, 15) is 0 Å². The molecule has 2 atom stereocenters. The summed E-state index contributed by atoms with van der Waals surface area (Å²) in [4.78, 5) is 5.61. The van der Waals surface area contributed by atoms with Gasteiger partial charge < -0.3 is 0 Å². The number of hydrogen-bond donors (Lipinski definition) is 0. The predicted molar refractivity (Wildman–Crippen MR) is 67.6 cm³/mol. The molecule has 2 saturated heterocycles. The van der Waals surface area contributed by atoms with Gasteiger partial charge in [-0.15, -0.1) is 0 Å². The zero-order valence-electron chi connectivity index (χ0n) is 10.7. The lowest BCUT2D eigenvalue weighted by Crippen LogP contribution is -2.60. The highest BCUT2D eigenvalue weighted by Crippen LogP contribution is 2.30. The number of nitrogens with zero attached hydrogens (tertiary/aromatic N) is 2. The molecule has 3 aliphatic rings. The van der Waals surface area contributed by atoms with E-state index < -0.39 is 0 Å². The lowest BCUT2D eigenvalue weighted by molar-refractivity contribution is -0.00633. The first-order chi connectivity index (χ1) is 7.84. The molecule has 2 heterocycles. The van der Waals surface area contributed by atoms with E-state index in [2.05, 4.69) is 16.7 Å². The zero-order chi connectivity index (χ0) is 11.0. The summed E-state index contributed by atoms with van der Waals surface area (Å²) in [7, 11) is 0. The van der Waals surface area contributed by atoms with Crippen molar-refractivity contribution in [3.63, 3.8) is 0 Å². The van der Waals surface area contributed by atoms with Crippen molar-refractivity contribution in [3.05, 3.63) is 0 Å². The maximum atomic E-state index is 2.85. The van der Waals surface area contributed by atoms with Gasteiger partial charge in [-0.3, -0.25) is 9.80 Å². The molecule has 3 fully saturated rings. The maximum absolute atomic E-state index is 2.85. The van der Waals surface area contributed by atoms with Gasteiger partial charge in [0.25, 0.3) is 0 Å². The fourth-order valence-corrected chi connectivity index (χ4v) is 4.12. The SMILES string of the molecule is CC1CN2CCCCC2CN1C1CCCC1. The molecule has 0 radical (unpaired) electrons. The average Bonchev–Trinajstić information content (AvgIpc) is 2.81. The summed E-state index contributed by atoms with van der Waals surface area (Å²) in [6.45, 7) is 6.52. The molecule has 2 unspecified atom stereocenters. The summed E-state index contributed by atoms with van der Waals surface area (Å²) in [6.07, 6.45) is 10.2. The van der Waals surface area contributed by atoms with E-state index in [0.29, 0.717) is 0 Å². The minimum absolute atomic E-state index is 0.803. The average molecular weight is 222 g/mol. The van der Waals surface area contributed by atoms with Crippen molar-refractivity contribution >= 4 is 0 Å². The Morgan fingerprint density at radius 1 is 0.812 bits per heavy atom. The molecule has 3 rings (SSSR count). The largest absolute Gasteiger partial charge is 0.298 e. The van der Waals surface area contributed by atoms with Crippen LogP contribution in [-0.4, -0.2) is 47.6 Å². The quantitative estimate of drug-likeness (QED) is 0.672. The molecule has 92 valence electrons. The second-order valence-electron chi connectivity index (χ2n) is 6.13. The van der Waals surface area contributed by atoms with Crippen molar-refractivity contribution in [1.29, 1.82) is 0 Å². The summed E-state index contributed by atoms with van der Waals surface area (Å²) >= 11 is 0. The first kappa shape index (κ1) is 11.0. The van der Waals surface area contributed by atoms with E-state index in [4.69, 9.17) is 0 Å². The Labute approximate surface area is 100.0 Å². The molecule has 2 heteroatoms. The standard InChI is InChI=1S/C14H26N2/c1-12-10-15-9-5-4-8-14(15)11-16(12)13-6-2-3-7-13/h12-14H,2-11H2,1H3. The van der Waals surface area contributed by atoms with Crippen molar-refractivity contribution in [2.75, 3.05) is 19.6 Å². The monoisotopic (exact) mass is 222 g/mol. The summed E-state index contributed by atoms with van der Waals surface area (Å²) in [5.74, 6) is 0. The molecule has 2 aliphatic heterocycles. The van der Waals surface area contributed by atoms with E-state index in [1.54, 1.807) is 0 Å². The maximum Gasteiger partial charge on any atom is 0.0224 e. The van der Waals surface area contributed by atoms with Crippen LogP contribution in [0.4, 0.5) is 0 Å². The van der Waals surface area contributed by atoms with Crippen molar-refractivity contribution in [1.82, 2.24) is 9.80 Å². The molecule has 16 heavy (non-hydrogen) atoms. The fourth-order valence-electron chi connectivity index (χ4n) is 4.12. The third-order valence-electron chi connectivity index (χ3n) is 5.03. The van der Waals surface area contributed by atoms with E-state index in [1.807, 2.05) is 0 Å². The minimum Gasteiger partial charge on any atom is -0.298 e. The smallest absolute Gasteiger partial charge is 0.0224 e. The molecule has 0 aromatic heterocycles. The van der Waals surface area contributed by atoms with Crippen LogP contribution in [0.15, 0.2) is 0 Å². The van der Waals surface area contributed by atoms with Crippen LogP contribution < -0.4 is 0 Å². The van der Waals surface area contributed by atoms with Gasteiger partial charge in [-0.25, -0.2) is 0 Å². The molecule has 0 aromatic carbocycles. The molecule has 0 bridgehead atoms. The minimum atomic E-state index is 0.803. The van der Waals surface area contributed by atoms with Gasteiger partial charge in [0.15, 0.2) is 0 Å². The van der Waals surface area contributed by atoms with Crippen LogP contribution in [0.25, 0.3) is 0 Å². The second kappa shape index (κ2) is 4.66. The normalized spacial score (nSPS) is 38.8. The van der Waals surface area contributed by atoms with Gasteiger partial charge in [0.05, 0.1) is 0 Å². The Balaban J connectivity index is 1.66. The van der Waals surface area contributed by atoms with Crippen molar-refractivity contribution < 1.29 is 0 Å². The molecule has 0 N–H and O–H groups in total. The van der Waals surface area contributed by atoms with E-state index >= 15 is 0 Å². The fraction of sp³-hybridized carbons (Fsp3) is 1.00. The van der Waals surface area contributed by atoms with E-state index in [0.717, 1.165) is 18.1 Å². The van der Waals surface area contributed by atoms with Gasteiger partial charge in [-0.1, -0.05) is 19.3 Å². The van der Waals surface area contributed by atoms with Crippen molar-refractivity contribution in [3.8, 4) is 0 Å². The van der Waals surface area contributed by atoms with Crippen LogP contribution in [-0.2, 0) is 0 Å². The van der Waals surface area contributed by atoms with Gasteiger partial charge in [-0.2, -0.15) is 0 Å². The Kier molecular flexibility index (Phi) is 3.21. The van der Waals surface area contributed by atoms with Gasteiger partial charge >= 0.3 is 0 Å². The highest BCUT2D eigenvalue weighted by molar-refractivity contribution is 4.92. The molecule has 0 aromatic rings. The van der Waals surface area contributed by atoms with Crippen molar-refractivity contribution in [2.45, 2.75) is 70.0 Å². The number of piperazine rings is 1. The van der Waals surface area contributed by atoms with E-state index in [1.165, 1.54) is 64.6 Å². The van der Waals surface area contributed by atoms with Gasteiger partial charge in [0.2, 0.25) is 0 Å². The van der Waals surface area contributed by atoms with Crippen LogP contribution in [0.5, 0.6) is 0 Å². The Morgan fingerprint density at radius 3 is 2.31 bits per heavy atom. The topological polar surface area (TPSA) is 6.48 Å². The van der Waals surface area contributed by atoms with Crippen LogP contribution >= 0.6 is 0 Å². The summed E-state index contributed by atoms with van der Waals surface area (Å²) in [5, 5.41) is 0. The zero-order valence-corrected chi connectivity index (χ0v) is 10.7. The van der Waals surface area contributed by atoms with Gasteiger partial charge in [0, 0.05) is 31.2 Å². The van der Waals surface area contributed by atoms with Crippen LogP contribution in [0.1, 0.15) is 51.9 Å². The summed E-state index contributed by atoms with van der Waals surface area (Å²) in [5.41, 5.74) is 0. The first-order valence-electron chi connectivity index (χ1n) is 7.34. The predicted octanol–water partition coefficient (Wildman–Crippen LogP) is 2.49. The first-order valence-corrected chi connectivity index (χ1v) is 7.34. The van der Waals surface area contributed by atoms with Crippen LogP contribution in [0, 0.1) is 0 Å². The lowest BCUT2D eigenvalue weighted by atomic mass is 9.95. The Hall–Kier alpha value is -0.0800. The van der Waals surface area contributed by atoms with Gasteiger partial charge in [0.1, 0.15) is 0 Å². The molecule has 1 aliphatic carbocycles. The molecule has 0 spiro atoms. The second-order valence-corrected chi connectivity index (χ2v) is 6.13. The number of piperidine rings is 1.